The van der Waals surface area contributed by atoms with Crippen molar-refractivity contribution in [1.82, 2.24) is 10.4 Å². The minimum atomic E-state index is -4.59. The van der Waals surface area contributed by atoms with Crippen molar-refractivity contribution in [2.75, 3.05) is 0 Å². The first-order chi connectivity index (χ1) is 10.4. The zero-order valence-corrected chi connectivity index (χ0v) is 13.4. The number of nitrogens with zero attached hydrogens (tertiary/aromatic N) is 1. The Labute approximate surface area is 132 Å². The average Bonchev–Trinajstić information content (AvgIpc) is 2.42. The third-order valence-corrected chi connectivity index (χ3v) is 2.91. The first kappa shape index (κ1) is 18.7. The van der Waals surface area contributed by atoms with Gasteiger partial charge >= 0.3 is 6.18 Å². The number of carbonyl (C=O) groups excluding carboxylic acids is 2. The van der Waals surface area contributed by atoms with E-state index in [0.717, 1.165) is 11.9 Å². The van der Waals surface area contributed by atoms with Gasteiger partial charge in [0.2, 0.25) is 0 Å². The van der Waals surface area contributed by atoms with Crippen LogP contribution in [0.15, 0.2) is 42.0 Å². The number of nitrogens with one attached hydrogen (secondary N) is 1. The molecule has 0 saturated heterocycles. The van der Waals surface area contributed by atoms with Crippen molar-refractivity contribution in [3.8, 4) is 0 Å². The summed E-state index contributed by atoms with van der Waals surface area (Å²) >= 11 is 0. The largest absolute Gasteiger partial charge is 0.412 e. The summed E-state index contributed by atoms with van der Waals surface area (Å²) in [5, 5.41) is 1.02. The zero-order chi connectivity index (χ0) is 17.8. The van der Waals surface area contributed by atoms with E-state index >= 15 is 0 Å². The first-order valence-electron chi connectivity index (χ1n) is 6.88. The normalized spacial score (nSPS) is 12.7. The molecule has 0 heterocycles. The number of hydrogen-bond donors (Lipinski definition) is 1. The van der Waals surface area contributed by atoms with Gasteiger partial charge in [0.15, 0.2) is 0 Å². The van der Waals surface area contributed by atoms with Crippen LogP contribution in [0.4, 0.5) is 13.2 Å². The molecule has 1 rings (SSSR count). The van der Waals surface area contributed by atoms with Crippen molar-refractivity contribution in [3.05, 3.63) is 47.5 Å². The van der Waals surface area contributed by atoms with Crippen LogP contribution in [0.3, 0.4) is 0 Å². The number of benzene rings is 1. The lowest BCUT2D eigenvalue weighted by Crippen LogP contribution is -2.55. The van der Waals surface area contributed by atoms with Crippen molar-refractivity contribution in [3.63, 3.8) is 0 Å². The molecule has 1 aromatic carbocycles. The van der Waals surface area contributed by atoms with Crippen LogP contribution in [0.1, 0.15) is 38.1 Å². The molecule has 0 fully saturated rings. The second-order valence-corrected chi connectivity index (χ2v) is 5.98. The fourth-order valence-electron chi connectivity index (χ4n) is 1.65. The van der Waals surface area contributed by atoms with Gasteiger partial charge in [-0.05, 0) is 39.8 Å². The molecule has 0 radical (unpaired) electrons. The van der Waals surface area contributed by atoms with Crippen LogP contribution in [-0.2, 0) is 4.79 Å². The van der Waals surface area contributed by atoms with E-state index in [9.17, 15) is 22.8 Å². The molecule has 0 aliphatic carbocycles. The van der Waals surface area contributed by atoms with Crippen LogP contribution < -0.4 is 5.43 Å². The Hall–Kier alpha value is -2.31. The summed E-state index contributed by atoms with van der Waals surface area (Å²) < 4.78 is 37.4. The molecule has 126 valence electrons. The molecule has 0 saturated carbocycles. The van der Waals surface area contributed by atoms with E-state index in [-0.39, 0.29) is 0 Å². The third-order valence-electron chi connectivity index (χ3n) is 2.91. The van der Waals surface area contributed by atoms with Gasteiger partial charge in [-0.2, -0.15) is 13.2 Å². The smallest absolute Gasteiger partial charge is 0.268 e. The molecule has 23 heavy (non-hydrogen) atoms. The molecular weight excluding hydrogens is 309 g/mol. The zero-order valence-electron chi connectivity index (χ0n) is 13.4. The van der Waals surface area contributed by atoms with E-state index in [0.29, 0.717) is 11.6 Å². The predicted molar refractivity (Wildman–Crippen MR) is 80.3 cm³/mol. The fraction of sp³-hybridized carbons (Fsp3) is 0.375. The number of hydrazine groups is 1. The van der Waals surface area contributed by atoms with E-state index in [2.05, 4.69) is 5.43 Å². The third kappa shape index (κ3) is 5.43. The van der Waals surface area contributed by atoms with Gasteiger partial charge in [-0.3, -0.25) is 15.0 Å². The Kier molecular flexibility index (Phi) is 5.58. The lowest BCUT2D eigenvalue weighted by atomic mass is 10.1. The lowest BCUT2D eigenvalue weighted by molar-refractivity contribution is -0.123. The second-order valence-electron chi connectivity index (χ2n) is 5.98. The Morgan fingerprint density at radius 3 is 2.04 bits per heavy atom. The highest BCUT2D eigenvalue weighted by molar-refractivity contribution is 5.97. The number of amides is 2. The van der Waals surface area contributed by atoms with Gasteiger partial charge < -0.3 is 0 Å². The van der Waals surface area contributed by atoms with Gasteiger partial charge in [-0.1, -0.05) is 18.2 Å². The molecule has 2 amide bonds. The van der Waals surface area contributed by atoms with Gasteiger partial charge in [-0.25, -0.2) is 5.01 Å². The number of allylic oxidation sites excluding steroid dienone is 1. The Morgan fingerprint density at radius 2 is 1.61 bits per heavy atom. The topological polar surface area (TPSA) is 49.4 Å². The molecule has 0 bridgehead atoms. The van der Waals surface area contributed by atoms with E-state index in [1.54, 1.807) is 51.1 Å². The SMILES string of the molecule is CC(=CC(=O)NN(C(=O)c1ccccc1)C(C)(C)C)C(F)(F)F. The van der Waals surface area contributed by atoms with E-state index in [1.807, 2.05) is 0 Å². The highest BCUT2D eigenvalue weighted by Gasteiger charge is 2.32. The standard InChI is InChI=1S/C16H19F3N2O2/c1-11(16(17,18)19)10-13(22)20-21(15(2,3)4)14(23)12-8-6-5-7-9-12/h5-10H,1-4H3,(H,20,22). The molecule has 0 aliphatic rings. The molecule has 0 unspecified atom stereocenters. The summed E-state index contributed by atoms with van der Waals surface area (Å²) in [5.74, 6) is -1.52. The van der Waals surface area contributed by atoms with Gasteiger partial charge in [-0.15, -0.1) is 0 Å². The van der Waals surface area contributed by atoms with Crippen molar-refractivity contribution >= 4 is 11.8 Å². The van der Waals surface area contributed by atoms with E-state index in [1.165, 1.54) is 0 Å². The highest BCUT2D eigenvalue weighted by atomic mass is 19.4. The monoisotopic (exact) mass is 328 g/mol. The van der Waals surface area contributed by atoms with Crippen LogP contribution in [-0.4, -0.2) is 28.5 Å². The maximum atomic E-state index is 12.5. The van der Waals surface area contributed by atoms with Crippen LogP contribution in [0.25, 0.3) is 0 Å². The first-order valence-corrected chi connectivity index (χ1v) is 6.88. The summed E-state index contributed by atoms with van der Waals surface area (Å²) in [4.78, 5) is 24.3. The molecule has 1 N–H and O–H groups in total. The van der Waals surface area contributed by atoms with Crippen molar-refractivity contribution in [2.45, 2.75) is 39.4 Å². The predicted octanol–water partition coefficient (Wildman–Crippen LogP) is 3.47. The Bertz CT molecular complexity index is 602. The summed E-state index contributed by atoms with van der Waals surface area (Å²) in [5.41, 5.74) is 0.683. The van der Waals surface area contributed by atoms with Crippen LogP contribution >= 0.6 is 0 Å². The second kappa shape index (κ2) is 6.85. The number of hydrogen-bond acceptors (Lipinski definition) is 2. The molecule has 1 aromatic rings. The summed E-state index contributed by atoms with van der Waals surface area (Å²) in [6.07, 6.45) is -4.16. The van der Waals surface area contributed by atoms with E-state index < -0.39 is 29.1 Å². The quantitative estimate of drug-likeness (QED) is 0.667. The van der Waals surface area contributed by atoms with Crippen LogP contribution in [0, 0.1) is 0 Å². The maximum Gasteiger partial charge on any atom is 0.412 e. The minimum Gasteiger partial charge on any atom is -0.268 e. The molecule has 7 heteroatoms. The van der Waals surface area contributed by atoms with E-state index in [4.69, 9.17) is 0 Å². The molecule has 0 aliphatic heterocycles. The Balaban J connectivity index is 3.02. The van der Waals surface area contributed by atoms with Gasteiger partial charge in [0.05, 0.1) is 5.54 Å². The number of carbonyl (C=O) groups is 2. The maximum absolute atomic E-state index is 12.5. The van der Waals surface area contributed by atoms with Crippen LogP contribution in [0.5, 0.6) is 0 Å². The highest BCUT2D eigenvalue weighted by Crippen LogP contribution is 2.24. The molecule has 0 atom stereocenters. The number of rotatable bonds is 2. The van der Waals surface area contributed by atoms with Crippen molar-refractivity contribution in [2.24, 2.45) is 0 Å². The summed E-state index contributed by atoms with van der Waals surface area (Å²) in [7, 11) is 0. The molecule has 4 nitrogen and oxygen atoms in total. The number of alkyl halides is 3. The van der Waals surface area contributed by atoms with Gasteiger partial charge in [0.25, 0.3) is 11.8 Å². The molecule has 0 spiro atoms. The average molecular weight is 328 g/mol. The minimum absolute atomic E-state index is 0.319. The lowest BCUT2D eigenvalue weighted by Gasteiger charge is -2.35. The van der Waals surface area contributed by atoms with Crippen molar-refractivity contribution < 1.29 is 22.8 Å². The fourth-order valence-corrected chi connectivity index (χ4v) is 1.65. The summed E-state index contributed by atoms with van der Waals surface area (Å²) in [6, 6.07) is 8.16. The van der Waals surface area contributed by atoms with Crippen molar-refractivity contribution in [1.29, 1.82) is 0 Å². The summed E-state index contributed by atoms with van der Waals surface area (Å²) in [6.45, 7) is 5.78. The molecule has 0 aromatic heterocycles. The van der Waals surface area contributed by atoms with Crippen LogP contribution in [0.2, 0.25) is 0 Å². The molecular formula is C16H19F3N2O2. The van der Waals surface area contributed by atoms with Gasteiger partial charge in [0, 0.05) is 17.2 Å². The Morgan fingerprint density at radius 1 is 1.09 bits per heavy atom. The van der Waals surface area contributed by atoms with Gasteiger partial charge in [0.1, 0.15) is 0 Å². The number of halogens is 3.